The number of nitrogens with one attached hydrogen (secondary N) is 2. The van der Waals surface area contributed by atoms with Crippen molar-refractivity contribution in [2.45, 2.75) is 83.3 Å². The SMILES string of the molecule is CC(C)(C)OC(=O)NC1(CNC(=O)CCc2nc(-c3ccsc3)no2)CCCCCC1. The topological polar surface area (TPSA) is 106 Å². The van der Waals surface area contributed by atoms with Gasteiger partial charge in [-0.3, -0.25) is 4.79 Å². The lowest BCUT2D eigenvalue weighted by atomic mass is 9.90. The highest BCUT2D eigenvalue weighted by molar-refractivity contribution is 7.08. The molecule has 1 aliphatic rings. The molecule has 31 heavy (non-hydrogen) atoms. The highest BCUT2D eigenvalue weighted by Gasteiger charge is 2.34. The van der Waals surface area contributed by atoms with E-state index in [-0.39, 0.29) is 12.3 Å². The Kier molecular flexibility index (Phi) is 7.69. The molecule has 170 valence electrons. The van der Waals surface area contributed by atoms with Crippen LogP contribution in [0.15, 0.2) is 21.3 Å². The van der Waals surface area contributed by atoms with E-state index < -0.39 is 17.2 Å². The Labute approximate surface area is 187 Å². The monoisotopic (exact) mass is 448 g/mol. The van der Waals surface area contributed by atoms with E-state index in [1.54, 1.807) is 11.3 Å². The first-order valence-electron chi connectivity index (χ1n) is 10.9. The molecule has 2 amide bonds. The van der Waals surface area contributed by atoms with Crippen LogP contribution in [-0.4, -0.2) is 39.8 Å². The molecule has 1 saturated carbocycles. The average molecular weight is 449 g/mol. The van der Waals surface area contributed by atoms with E-state index >= 15 is 0 Å². The minimum Gasteiger partial charge on any atom is -0.444 e. The molecular formula is C22H32N4O4S. The van der Waals surface area contributed by atoms with Gasteiger partial charge in [-0.1, -0.05) is 30.8 Å². The summed E-state index contributed by atoms with van der Waals surface area (Å²) in [5.41, 5.74) is -0.135. The fourth-order valence-electron chi connectivity index (χ4n) is 3.71. The molecule has 0 spiro atoms. The zero-order chi connectivity index (χ0) is 22.3. The number of carbonyl (C=O) groups is 2. The van der Waals surface area contributed by atoms with E-state index in [0.29, 0.717) is 24.7 Å². The molecule has 0 saturated heterocycles. The number of alkyl carbamates (subject to hydrolysis) is 1. The van der Waals surface area contributed by atoms with Crippen molar-refractivity contribution in [3.8, 4) is 11.4 Å². The number of carbonyl (C=O) groups excluding carboxylic acids is 2. The van der Waals surface area contributed by atoms with Gasteiger partial charge in [-0.05, 0) is 45.1 Å². The molecule has 0 aromatic carbocycles. The van der Waals surface area contributed by atoms with Gasteiger partial charge in [0, 0.05) is 30.3 Å². The minimum atomic E-state index is -0.564. The van der Waals surface area contributed by atoms with Crippen molar-refractivity contribution in [1.29, 1.82) is 0 Å². The van der Waals surface area contributed by atoms with Crippen LogP contribution in [0.25, 0.3) is 11.4 Å². The van der Waals surface area contributed by atoms with Crippen molar-refractivity contribution < 1.29 is 18.8 Å². The summed E-state index contributed by atoms with van der Waals surface area (Å²) in [6.45, 7) is 5.91. The molecule has 0 aliphatic heterocycles. The van der Waals surface area contributed by atoms with Crippen molar-refractivity contribution >= 4 is 23.3 Å². The number of rotatable bonds is 7. The minimum absolute atomic E-state index is 0.107. The summed E-state index contributed by atoms with van der Waals surface area (Å²) in [6.07, 6.45) is 6.11. The maximum absolute atomic E-state index is 12.5. The fraction of sp³-hybridized carbons (Fsp3) is 0.636. The summed E-state index contributed by atoms with van der Waals surface area (Å²) in [6, 6.07) is 1.93. The summed E-state index contributed by atoms with van der Waals surface area (Å²) in [5.74, 6) is 0.868. The van der Waals surface area contributed by atoms with Crippen LogP contribution >= 0.6 is 11.3 Å². The Morgan fingerprint density at radius 3 is 2.61 bits per heavy atom. The maximum atomic E-state index is 12.5. The van der Waals surface area contributed by atoms with E-state index in [4.69, 9.17) is 9.26 Å². The summed E-state index contributed by atoms with van der Waals surface area (Å²) in [4.78, 5) is 29.3. The molecule has 0 atom stereocenters. The second-order valence-corrected chi connectivity index (χ2v) is 9.90. The molecule has 3 rings (SSSR count). The Morgan fingerprint density at radius 1 is 1.23 bits per heavy atom. The largest absolute Gasteiger partial charge is 0.444 e. The predicted molar refractivity (Wildman–Crippen MR) is 119 cm³/mol. The van der Waals surface area contributed by atoms with Crippen LogP contribution in [0.1, 0.15) is 71.6 Å². The van der Waals surface area contributed by atoms with Gasteiger partial charge in [0.05, 0.1) is 5.54 Å². The molecule has 9 heteroatoms. The third-order valence-electron chi connectivity index (χ3n) is 5.26. The molecule has 2 aromatic rings. The van der Waals surface area contributed by atoms with Crippen molar-refractivity contribution in [3.63, 3.8) is 0 Å². The van der Waals surface area contributed by atoms with Crippen LogP contribution in [0.4, 0.5) is 4.79 Å². The second-order valence-electron chi connectivity index (χ2n) is 9.12. The second kappa shape index (κ2) is 10.3. The van der Waals surface area contributed by atoms with Crippen LogP contribution < -0.4 is 10.6 Å². The first-order valence-corrected chi connectivity index (χ1v) is 11.8. The number of amides is 2. The third kappa shape index (κ3) is 7.34. The molecule has 1 aliphatic carbocycles. The summed E-state index contributed by atoms with van der Waals surface area (Å²) >= 11 is 1.57. The lowest BCUT2D eigenvalue weighted by Crippen LogP contribution is -2.56. The molecule has 2 heterocycles. The number of hydrogen-bond donors (Lipinski definition) is 2. The lowest BCUT2D eigenvalue weighted by molar-refractivity contribution is -0.121. The maximum Gasteiger partial charge on any atom is 0.408 e. The average Bonchev–Trinajstić information content (AvgIpc) is 3.33. The zero-order valence-electron chi connectivity index (χ0n) is 18.5. The van der Waals surface area contributed by atoms with Crippen molar-refractivity contribution in [3.05, 3.63) is 22.7 Å². The number of hydrogen-bond acceptors (Lipinski definition) is 7. The summed E-state index contributed by atoms with van der Waals surface area (Å²) in [7, 11) is 0. The third-order valence-corrected chi connectivity index (χ3v) is 5.95. The van der Waals surface area contributed by atoms with Gasteiger partial charge < -0.3 is 19.9 Å². The zero-order valence-corrected chi connectivity index (χ0v) is 19.3. The van der Waals surface area contributed by atoms with Gasteiger partial charge in [-0.2, -0.15) is 16.3 Å². The number of thiophene rings is 1. The van der Waals surface area contributed by atoms with Gasteiger partial charge >= 0.3 is 6.09 Å². The Bertz CT molecular complexity index is 849. The van der Waals surface area contributed by atoms with E-state index in [1.807, 2.05) is 37.6 Å². The van der Waals surface area contributed by atoms with Crippen LogP contribution in [0, 0.1) is 0 Å². The van der Waals surface area contributed by atoms with Crippen LogP contribution in [0.2, 0.25) is 0 Å². The van der Waals surface area contributed by atoms with Crippen LogP contribution in [0.5, 0.6) is 0 Å². The molecule has 8 nitrogen and oxygen atoms in total. The van der Waals surface area contributed by atoms with Crippen molar-refractivity contribution in [2.75, 3.05) is 6.54 Å². The summed E-state index contributed by atoms with van der Waals surface area (Å²) in [5, 5.41) is 13.9. The van der Waals surface area contributed by atoms with Crippen LogP contribution in [0.3, 0.4) is 0 Å². The number of ether oxygens (including phenoxy) is 1. The quantitative estimate of drug-likeness (QED) is 0.606. The summed E-state index contributed by atoms with van der Waals surface area (Å²) < 4.78 is 10.7. The normalized spacial score (nSPS) is 16.4. The lowest BCUT2D eigenvalue weighted by Gasteiger charge is -2.35. The molecule has 0 bridgehead atoms. The Morgan fingerprint density at radius 2 is 1.97 bits per heavy atom. The van der Waals surface area contributed by atoms with E-state index in [0.717, 1.165) is 44.1 Å². The molecule has 2 N–H and O–H groups in total. The molecular weight excluding hydrogens is 416 g/mol. The molecule has 1 fully saturated rings. The van der Waals surface area contributed by atoms with Crippen molar-refractivity contribution in [2.24, 2.45) is 0 Å². The number of aromatic nitrogens is 2. The standard InChI is InChI=1S/C22H32N4O4S/c1-21(2,3)29-20(28)25-22(11-6-4-5-7-12-22)15-23-17(27)8-9-18-24-19(26-30-18)16-10-13-31-14-16/h10,13-14H,4-9,11-12,15H2,1-3H3,(H,23,27)(H,25,28). The van der Waals surface area contributed by atoms with E-state index in [1.165, 1.54) is 0 Å². The van der Waals surface area contributed by atoms with Gasteiger partial charge in [0.2, 0.25) is 17.6 Å². The Balaban J connectivity index is 1.52. The first-order chi connectivity index (χ1) is 14.7. The highest BCUT2D eigenvalue weighted by Crippen LogP contribution is 2.27. The predicted octanol–water partition coefficient (Wildman–Crippen LogP) is 4.46. The van der Waals surface area contributed by atoms with Gasteiger partial charge in [0.1, 0.15) is 5.60 Å². The van der Waals surface area contributed by atoms with Gasteiger partial charge in [-0.25, -0.2) is 4.79 Å². The number of aryl methyl sites for hydroxylation is 1. The molecule has 0 unspecified atom stereocenters. The van der Waals surface area contributed by atoms with E-state index in [2.05, 4.69) is 20.8 Å². The Hall–Kier alpha value is -2.42. The number of nitrogens with zero attached hydrogens (tertiary/aromatic N) is 2. The molecule has 0 radical (unpaired) electrons. The fourth-order valence-corrected chi connectivity index (χ4v) is 4.35. The first kappa shape index (κ1) is 23.2. The van der Waals surface area contributed by atoms with Gasteiger partial charge in [0.15, 0.2) is 0 Å². The smallest absolute Gasteiger partial charge is 0.408 e. The molecule has 2 aromatic heterocycles. The highest BCUT2D eigenvalue weighted by atomic mass is 32.1. The van der Waals surface area contributed by atoms with Crippen LogP contribution in [-0.2, 0) is 16.0 Å². The van der Waals surface area contributed by atoms with Gasteiger partial charge in [-0.15, -0.1) is 0 Å². The van der Waals surface area contributed by atoms with E-state index in [9.17, 15) is 9.59 Å². The van der Waals surface area contributed by atoms with Gasteiger partial charge in [0.25, 0.3) is 0 Å². The van der Waals surface area contributed by atoms with Crippen molar-refractivity contribution in [1.82, 2.24) is 20.8 Å².